The van der Waals surface area contributed by atoms with Gasteiger partial charge in [-0.2, -0.15) is 0 Å². The summed E-state index contributed by atoms with van der Waals surface area (Å²) in [5, 5.41) is 30.9. The third kappa shape index (κ3) is 9.81. The highest BCUT2D eigenvalue weighted by Crippen LogP contribution is 2.42. The Morgan fingerprint density at radius 2 is 1.26 bits per heavy atom. The number of unbranched alkanes of at least 4 members (excludes halogenated alkanes) is 2. The summed E-state index contributed by atoms with van der Waals surface area (Å²) in [6.07, 6.45) is 1.77. The van der Waals surface area contributed by atoms with Gasteiger partial charge in [0, 0.05) is 5.41 Å². The molecule has 0 spiro atoms. The quantitative estimate of drug-likeness (QED) is 0.0952. The Hall–Kier alpha value is -3.76. The predicted molar refractivity (Wildman–Crippen MR) is 148 cm³/mol. The van der Waals surface area contributed by atoms with E-state index in [4.69, 9.17) is 0 Å². The van der Waals surface area contributed by atoms with Crippen molar-refractivity contribution in [1.82, 2.24) is 21.3 Å². The van der Waals surface area contributed by atoms with E-state index in [1.165, 1.54) is 0 Å². The van der Waals surface area contributed by atoms with E-state index in [1.54, 1.807) is 13.8 Å². The zero-order valence-corrected chi connectivity index (χ0v) is 22.6. The summed E-state index contributed by atoms with van der Waals surface area (Å²) in [4.78, 5) is 47.1. The topological polar surface area (TPSA) is 157 Å². The molecular formula is C29H40N4O6. The van der Waals surface area contributed by atoms with Crippen LogP contribution in [0.3, 0.4) is 0 Å². The second-order valence-electron chi connectivity index (χ2n) is 9.97. The Bertz CT molecular complexity index is 993. The normalized spacial score (nSPS) is 13.2. The molecule has 0 aromatic heterocycles. The molecule has 2 rings (SSSR count). The lowest BCUT2D eigenvalue weighted by molar-refractivity contribution is -0.111. The fourth-order valence-electron chi connectivity index (χ4n) is 5.03. The van der Waals surface area contributed by atoms with Crippen LogP contribution in [0.15, 0.2) is 60.7 Å². The Morgan fingerprint density at radius 3 is 1.69 bits per heavy atom. The van der Waals surface area contributed by atoms with E-state index in [1.807, 2.05) is 60.7 Å². The first kappa shape index (κ1) is 31.5. The van der Waals surface area contributed by atoms with Gasteiger partial charge < -0.3 is 25.1 Å². The maximum atomic E-state index is 12.2. The largest absolute Gasteiger partial charge is 0.465 e. The number of carbonyl (C=O) groups excluding carboxylic acids is 2. The molecule has 1 unspecified atom stereocenters. The van der Waals surface area contributed by atoms with Crippen molar-refractivity contribution >= 4 is 24.8 Å². The molecule has 212 valence electrons. The number of hydrogen-bond donors (Lipinski definition) is 6. The van der Waals surface area contributed by atoms with E-state index in [2.05, 4.69) is 21.3 Å². The average Bonchev–Trinajstić information content (AvgIpc) is 2.90. The summed E-state index contributed by atoms with van der Waals surface area (Å²) in [7, 11) is 0. The highest BCUT2D eigenvalue weighted by Gasteiger charge is 2.54. The molecule has 0 aliphatic rings. The van der Waals surface area contributed by atoms with Gasteiger partial charge in [-0.15, -0.1) is 0 Å². The summed E-state index contributed by atoms with van der Waals surface area (Å²) in [5.74, 6) is -1.92. The lowest BCUT2D eigenvalue weighted by Crippen LogP contribution is -2.79. The molecule has 0 aliphatic carbocycles. The number of carbonyl (C=O) groups is 4. The van der Waals surface area contributed by atoms with E-state index in [-0.39, 0.29) is 6.04 Å². The highest BCUT2D eigenvalue weighted by molar-refractivity contribution is 5.70. The molecule has 2 atom stereocenters. The van der Waals surface area contributed by atoms with Gasteiger partial charge in [0.15, 0.2) is 5.79 Å². The van der Waals surface area contributed by atoms with Crippen molar-refractivity contribution in [3.05, 3.63) is 71.8 Å². The van der Waals surface area contributed by atoms with Crippen LogP contribution in [0.5, 0.6) is 0 Å². The van der Waals surface area contributed by atoms with Crippen LogP contribution in [0, 0.1) is 5.41 Å². The van der Waals surface area contributed by atoms with Crippen molar-refractivity contribution in [1.29, 1.82) is 0 Å². The Labute approximate surface area is 229 Å². The van der Waals surface area contributed by atoms with Gasteiger partial charge >= 0.3 is 12.2 Å². The highest BCUT2D eigenvalue weighted by atomic mass is 16.4. The lowest BCUT2D eigenvalue weighted by atomic mass is 9.67. The maximum Gasteiger partial charge on any atom is 0.407 e. The molecule has 2 amide bonds. The molecule has 0 saturated carbocycles. The number of aldehydes is 2. The SMILES string of the molecule is CC(C=O)NCCCCCC(Cc1ccccc1)(Cc1ccccc1)C(NC(=O)O)(NC(=O)O)N[C@@H](C)C=O. The lowest BCUT2D eigenvalue weighted by Gasteiger charge is -2.52. The van der Waals surface area contributed by atoms with Gasteiger partial charge in [0.1, 0.15) is 12.6 Å². The molecule has 0 aliphatic heterocycles. The Morgan fingerprint density at radius 1 is 0.769 bits per heavy atom. The summed E-state index contributed by atoms with van der Waals surface area (Å²) in [6.45, 7) is 3.96. The van der Waals surface area contributed by atoms with Crippen LogP contribution in [0.2, 0.25) is 0 Å². The molecule has 0 fully saturated rings. The molecule has 0 saturated heterocycles. The summed E-state index contributed by atoms with van der Waals surface area (Å²) < 4.78 is 0. The first-order chi connectivity index (χ1) is 18.6. The smallest absolute Gasteiger partial charge is 0.407 e. The van der Waals surface area contributed by atoms with Crippen molar-refractivity contribution in [2.75, 3.05) is 6.54 Å². The van der Waals surface area contributed by atoms with E-state index in [9.17, 15) is 29.4 Å². The number of nitrogens with one attached hydrogen (secondary N) is 4. The number of benzene rings is 2. The first-order valence-electron chi connectivity index (χ1n) is 13.2. The molecule has 10 nitrogen and oxygen atoms in total. The van der Waals surface area contributed by atoms with E-state index < -0.39 is 29.4 Å². The van der Waals surface area contributed by atoms with Crippen LogP contribution in [0.25, 0.3) is 0 Å². The molecule has 2 aromatic carbocycles. The zero-order valence-electron chi connectivity index (χ0n) is 22.6. The van der Waals surface area contributed by atoms with Crippen LogP contribution in [0.1, 0.15) is 50.7 Å². The van der Waals surface area contributed by atoms with Gasteiger partial charge in [0.25, 0.3) is 0 Å². The fourth-order valence-corrected chi connectivity index (χ4v) is 5.03. The second kappa shape index (κ2) is 15.6. The Kier molecular flexibility index (Phi) is 12.6. The molecule has 0 radical (unpaired) electrons. The minimum absolute atomic E-state index is 0.249. The summed E-state index contributed by atoms with van der Waals surface area (Å²) >= 11 is 0. The number of carboxylic acid groups (broad SMARTS) is 2. The second-order valence-corrected chi connectivity index (χ2v) is 9.97. The van der Waals surface area contributed by atoms with Crippen molar-refractivity contribution < 1.29 is 29.4 Å². The van der Waals surface area contributed by atoms with Crippen LogP contribution < -0.4 is 21.3 Å². The van der Waals surface area contributed by atoms with Gasteiger partial charge in [0.05, 0.1) is 12.1 Å². The molecule has 6 N–H and O–H groups in total. The van der Waals surface area contributed by atoms with Crippen LogP contribution in [-0.2, 0) is 22.4 Å². The predicted octanol–water partition coefficient (Wildman–Crippen LogP) is 3.56. The Balaban J connectivity index is 2.63. The van der Waals surface area contributed by atoms with Crippen molar-refractivity contribution in [3.8, 4) is 0 Å². The molecule has 0 bridgehead atoms. The van der Waals surface area contributed by atoms with E-state index in [0.29, 0.717) is 38.5 Å². The minimum Gasteiger partial charge on any atom is -0.465 e. The molecule has 2 aromatic rings. The van der Waals surface area contributed by atoms with Crippen molar-refractivity contribution in [2.45, 2.75) is 70.2 Å². The summed E-state index contributed by atoms with van der Waals surface area (Å²) in [6, 6.07) is 17.8. The first-order valence-corrected chi connectivity index (χ1v) is 13.2. The zero-order chi connectivity index (χ0) is 28.7. The van der Waals surface area contributed by atoms with Gasteiger partial charge in [-0.05, 0) is 57.2 Å². The number of rotatable bonds is 18. The summed E-state index contributed by atoms with van der Waals surface area (Å²) in [5.41, 5.74) is 0.700. The minimum atomic E-state index is -1.92. The average molecular weight is 541 g/mol. The third-order valence-electron chi connectivity index (χ3n) is 6.81. The van der Waals surface area contributed by atoms with Crippen LogP contribution in [0.4, 0.5) is 9.59 Å². The van der Waals surface area contributed by atoms with Crippen LogP contribution >= 0.6 is 0 Å². The van der Waals surface area contributed by atoms with Gasteiger partial charge in [0.2, 0.25) is 0 Å². The number of hydrogen-bond acceptors (Lipinski definition) is 6. The van der Waals surface area contributed by atoms with Crippen molar-refractivity contribution in [3.63, 3.8) is 0 Å². The molecule has 0 heterocycles. The van der Waals surface area contributed by atoms with Crippen molar-refractivity contribution in [2.24, 2.45) is 5.41 Å². The van der Waals surface area contributed by atoms with Gasteiger partial charge in [-0.25, -0.2) is 9.59 Å². The third-order valence-corrected chi connectivity index (χ3v) is 6.81. The van der Waals surface area contributed by atoms with E-state index >= 15 is 0 Å². The monoisotopic (exact) mass is 540 g/mol. The molecular weight excluding hydrogens is 500 g/mol. The molecule has 39 heavy (non-hydrogen) atoms. The van der Waals surface area contributed by atoms with Gasteiger partial charge in [-0.3, -0.25) is 16.0 Å². The fraction of sp³-hybridized carbons (Fsp3) is 0.448. The van der Waals surface area contributed by atoms with Gasteiger partial charge in [-0.1, -0.05) is 73.5 Å². The molecule has 10 heteroatoms. The maximum absolute atomic E-state index is 12.2. The number of amides is 2. The standard InChI is InChI=1S/C29H40N4O6/c1-22(20-34)30-17-11-5-10-16-28(18-24-12-6-3-7-13-24,19-25-14-8-4-9-15-25)29(32-26(36)37,33-27(38)39)31-23(2)21-35/h3-4,6-9,12-15,20-23,30-33H,5,10-11,16-19H2,1-2H3,(H,36,37)(H,38,39)/t22?,23-/m0/s1. The van der Waals surface area contributed by atoms with E-state index in [0.717, 1.165) is 30.3 Å². The van der Waals surface area contributed by atoms with Crippen LogP contribution in [-0.4, -0.2) is 59.4 Å².